The van der Waals surface area contributed by atoms with Crippen LogP contribution in [0.3, 0.4) is 0 Å². The number of aromatic nitrogens is 4. The summed E-state index contributed by atoms with van der Waals surface area (Å²) in [5.41, 5.74) is 14.8. The van der Waals surface area contributed by atoms with Crippen LogP contribution in [0.25, 0.3) is 21.8 Å². The fraction of sp³-hybridized carbons (Fsp3) is 0.232. The van der Waals surface area contributed by atoms with Gasteiger partial charge in [-0.3, -0.25) is 24.1 Å². The minimum absolute atomic E-state index is 0. The third kappa shape index (κ3) is 27.9. The molecular weight excluding hydrogens is 1610 g/mol. The van der Waals surface area contributed by atoms with Gasteiger partial charge in [0.05, 0.1) is 23.7 Å². The van der Waals surface area contributed by atoms with E-state index < -0.39 is 17.8 Å². The third-order valence-corrected chi connectivity index (χ3v) is 13.0. The molecule has 7 aromatic carbocycles. The fourth-order valence-electron chi connectivity index (χ4n) is 9.00. The van der Waals surface area contributed by atoms with Crippen LogP contribution in [0.2, 0.25) is 0 Å². The molecule has 0 saturated carbocycles. The van der Waals surface area contributed by atoms with Gasteiger partial charge < -0.3 is 54.9 Å². The number of carbonyl (C=O) groups excluding carboxylic acids is 3. The number of carboxylic acid groups (broad SMARTS) is 1. The first kappa shape index (κ1) is 84.8. The number of rotatable bonds is 16. The van der Waals surface area contributed by atoms with Gasteiger partial charge in [-0.2, -0.15) is 20.0 Å². The molecule has 0 spiro atoms. The second-order valence-corrected chi connectivity index (χ2v) is 18.8. The summed E-state index contributed by atoms with van der Waals surface area (Å²) in [6, 6.07) is 57.0. The van der Waals surface area contributed by atoms with Crippen LogP contribution in [0.1, 0.15) is 105 Å². The molecule has 0 unspecified atom stereocenters. The van der Waals surface area contributed by atoms with E-state index in [1.54, 1.807) is 24.3 Å². The number of hydrogen-bond donors (Lipinski definition) is 4. The summed E-state index contributed by atoms with van der Waals surface area (Å²) in [4.78, 5) is 82.8. The number of carbonyl (C=O) groups is 4. The first-order valence-electron chi connectivity index (χ1n) is 28.6. The normalized spacial score (nSPS) is 10.9. The number of anilines is 1. The number of methoxy groups -OCH3 is 1. The van der Waals surface area contributed by atoms with E-state index in [2.05, 4.69) is 66.6 Å². The number of hydrogen-bond acceptors (Lipinski definition) is 11. The summed E-state index contributed by atoms with van der Waals surface area (Å²) >= 11 is 0. The Bertz CT molecular complexity index is 3690. The SMILES string of the molecule is CC.CC.CC.COC(=O)[CH-]NC(=O)c1cc(Cc2ccccc2)ccc1N.O=C(O)[CH-]n1cnc2ccc(Cc3ccccc3)cc2c1=O.O=C([CH-]n1cnc2ccc(Cc3ccccc3)cc2c1=O)NC1CCN(Cc2ccccc2)CC1.S.[3HH].[U].[Y].[Y].[Y]. The Morgan fingerprint density at radius 3 is 1.38 bits per heavy atom. The van der Waals surface area contributed by atoms with Crippen molar-refractivity contribution < 1.29 is 160 Å². The van der Waals surface area contributed by atoms with Crippen LogP contribution in [0.15, 0.2) is 198 Å². The van der Waals surface area contributed by atoms with E-state index in [1.807, 2.05) is 157 Å². The number of ether oxygens (including phenoxy) is 1. The van der Waals surface area contributed by atoms with Crippen LogP contribution in [-0.4, -0.2) is 79.1 Å². The van der Waals surface area contributed by atoms with Crippen molar-refractivity contribution in [2.24, 2.45) is 0 Å². The van der Waals surface area contributed by atoms with E-state index >= 15 is 0 Å². The number of likely N-dealkylation sites (tertiary alicyclic amines) is 1. The molecule has 90 heavy (non-hydrogen) atoms. The zero-order valence-corrected chi connectivity index (χ0v) is 65.9. The molecule has 0 aliphatic carbocycles. The summed E-state index contributed by atoms with van der Waals surface area (Å²) in [6.45, 7) is 17.9. The number of nitrogens with two attached hydrogens (primary N) is 1. The Hall–Kier alpha value is -5.22. The molecule has 21 heteroatoms. The predicted octanol–water partition coefficient (Wildman–Crippen LogP) is 11.2. The van der Waals surface area contributed by atoms with Crippen molar-refractivity contribution in [2.45, 2.75) is 86.2 Å². The Balaban J connectivity index is 0. The van der Waals surface area contributed by atoms with Gasteiger partial charge in [0.25, 0.3) is 5.97 Å². The molecule has 16 nitrogen and oxygen atoms in total. The third-order valence-electron chi connectivity index (χ3n) is 13.0. The minimum atomic E-state index is -1.19. The van der Waals surface area contributed by atoms with Gasteiger partial charge in [-0.05, 0) is 121 Å². The van der Waals surface area contributed by atoms with Crippen LogP contribution in [0, 0.1) is 50.7 Å². The van der Waals surface area contributed by atoms with Gasteiger partial charge >= 0.3 is 0 Å². The van der Waals surface area contributed by atoms with Crippen LogP contribution >= 0.6 is 13.5 Å². The summed E-state index contributed by atoms with van der Waals surface area (Å²) in [5.74, 6) is -2.54. The molecule has 1 aliphatic heterocycles. The Kier molecular flexibility index (Phi) is 44.1. The summed E-state index contributed by atoms with van der Waals surface area (Å²) in [6.07, 6.45) is 6.55. The molecule has 0 bridgehead atoms. The van der Waals surface area contributed by atoms with Crippen molar-refractivity contribution in [2.75, 3.05) is 25.9 Å². The molecule has 467 valence electrons. The molecule has 5 N–H and O–H groups in total. The number of esters is 1. The average Bonchev–Trinajstić information content (AvgIpc) is 2.32. The van der Waals surface area contributed by atoms with Crippen LogP contribution in [-0.2, 0) is 143 Å². The fourth-order valence-corrected chi connectivity index (χ4v) is 9.00. The number of amides is 2. The standard InChI is InChI=1S/C29H29N4O2.C17H13N2O3.C17H17N2O3.3C2H6.H2S.U.3Y.H2/c34-28(31-25-13-15-32(16-14-25)19-23-9-5-2-6-10-23)20-33-21-30-27-12-11-24(18-26(27)29(33)35)17-22-7-3-1-4-8-22;20-16(21)10-19-11-18-15-7-6-13(9-14(15)17(19)22)8-12-4-2-1-3-5-12;1-22-16(20)11-19-17(21)14-10-13(7-8-15(14)18)9-12-5-3-2-4-6-12;3*1-2;;;;;;/h1-12,18,20-21,25H,13-17,19H2,(H,31,34);1-7,9-11H,8H2,(H,20,21);2-8,10-11H,9,18H2,1H3,(H,19,21);3*1-2H3;1H2;;;;;1H/q3*-1;;;;;;;;;/i;;;;;;;;;;;1+2. The molecule has 2 aromatic heterocycles. The van der Waals surface area contributed by atoms with Gasteiger partial charge in [-0.25, -0.2) is 0 Å². The number of nitrogens with zero attached hydrogens (tertiary/aromatic N) is 5. The molecule has 1 fully saturated rings. The van der Waals surface area contributed by atoms with Crippen molar-refractivity contribution in [3.8, 4) is 0 Å². The maximum Gasteiger partial charge on any atom is 0.288 e. The number of nitrogens with one attached hydrogen (secondary N) is 2. The van der Waals surface area contributed by atoms with Gasteiger partial charge in [-0.15, -0.1) is 0 Å². The largest absolute Gasteiger partial charge is 0.490 e. The monoisotopic (exact) mass is 1690 g/mol. The maximum absolute atomic E-state index is 13.1. The molecule has 2 amide bonds. The van der Waals surface area contributed by atoms with Gasteiger partial charge in [0.15, 0.2) is 17.1 Å². The van der Waals surface area contributed by atoms with Crippen molar-refractivity contribution in [1.29, 1.82) is 0 Å². The Morgan fingerprint density at radius 1 is 0.578 bits per heavy atom. The van der Waals surface area contributed by atoms with Crippen molar-refractivity contribution in [3.63, 3.8) is 0 Å². The topological polar surface area (TPSA) is 221 Å². The number of aliphatic carboxylic acids is 1. The number of nitrogen functional groups attached to an aromatic ring is 1. The Labute approximate surface area is 637 Å². The maximum atomic E-state index is 13.1. The Morgan fingerprint density at radius 2 is 0.967 bits per heavy atom. The molecule has 1 saturated heterocycles. The predicted molar refractivity (Wildman–Crippen MR) is 351 cm³/mol. The van der Waals surface area contributed by atoms with E-state index in [0.717, 1.165) is 84.4 Å². The van der Waals surface area contributed by atoms with Gasteiger partial charge in [0.2, 0.25) is 11.8 Å². The number of piperidine rings is 1. The number of benzene rings is 7. The van der Waals surface area contributed by atoms with E-state index in [1.165, 1.54) is 42.0 Å². The van der Waals surface area contributed by atoms with Gasteiger partial charge in [0.1, 0.15) is 0 Å². The van der Waals surface area contributed by atoms with Crippen LogP contribution in [0.5, 0.6) is 0 Å². The van der Waals surface area contributed by atoms with E-state index in [-0.39, 0.29) is 167 Å². The van der Waals surface area contributed by atoms with E-state index in [0.29, 0.717) is 45.9 Å². The molecule has 1 aliphatic rings. The zero-order chi connectivity index (χ0) is 61.5. The van der Waals surface area contributed by atoms with Gasteiger partial charge in [0, 0.05) is 173 Å². The first-order chi connectivity index (χ1) is 41.4. The summed E-state index contributed by atoms with van der Waals surface area (Å²) in [7, 11) is 1.24. The average molecular weight is 1690 g/mol. The van der Waals surface area contributed by atoms with Gasteiger partial charge in [-0.1, -0.05) is 193 Å². The summed E-state index contributed by atoms with van der Waals surface area (Å²) < 4.78 is 6.70. The van der Waals surface area contributed by atoms with Crippen molar-refractivity contribution >= 4 is 64.7 Å². The quantitative estimate of drug-likeness (QED) is 0.0403. The molecule has 3 heterocycles. The molecule has 9 aromatic rings. The van der Waals surface area contributed by atoms with Crippen LogP contribution < -0.4 is 27.5 Å². The minimum Gasteiger partial charge on any atom is -0.490 e. The van der Waals surface area contributed by atoms with Crippen molar-refractivity contribution in [1.82, 2.24) is 34.6 Å². The second-order valence-electron chi connectivity index (χ2n) is 18.8. The van der Waals surface area contributed by atoms with Crippen LogP contribution in [0.4, 0.5) is 5.69 Å². The number of fused-ring (bicyclic) bond motifs is 2. The van der Waals surface area contributed by atoms with Crippen molar-refractivity contribution in [3.05, 3.63) is 273 Å². The zero-order valence-electron chi connectivity index (χ0n) is 52.2. The molecule has 0 atom stereocenters. The number of carboxylic acids is 1. The second kappa shape index (κ2) is 46.8. The first-order valence-corrected chi connectivity index (χ1v) is 28.6. The molecule has 3 radical (unpaired) electrons. The van der Waals surface area contributed by atoms with E-state index in [9.17, 15) is 28.8 Å². The van der Waals surface area contributed by atoms with E-state index in [4.69, 9.17) is 10.8 Å². The molecular formula is C69H81N8O8SUY3-3. The smallest absolute Gasteiger partial charge is 0.288 e. The summed E-state index contributed by atoms with van der Waals surface area (Å²) in [5, 5.41) is 15.1. The molecule has 10 rings (SSSR count).